The molecule has 0 heterocycles. The number of hydrogen-bond donors (Lipinski definition) is 2. The van der Waals surface area contributed by atoms with E-state index in [1.54, 1.807) is 0 Å². The topological polar surface area (TPSA) is 27.3 Å². The first-order chi connectivity index (χ1) is 11.1. The second-order valence-corrected chi connectivity index (χ2v) is 6.63. The van der Waals surface area contributed by atoms with Crippen LogP contribution in [0.3, 0.4) is 0 Å². The van der Waals surface area contributed by atoms with Crippen molar-refractivity contribution >= 4 is 44.6 Å². The van der Waals surface area contributed by atoms with Gasteiger partial charge in [-0.3, -0.25) is 0 Å². The van der Waals surface area contributed by atoms with Crippen LogP contribution in [0.15, 0.2) is 53.0 Å². The molecule has 0 spiro atoms. The minimum Gasteiger partial charge on any atom is -0.370 e. The lowest BCUT2D eigenvalue weighted by Crippen LogP contribution is -2.36. The highest BCUT2D eigenvalue weighted by Gasteiger charge is 2.04. The molecular formula is C18H22BrN3S. The van der Waals surface area contributed by atoms with E-state index >= 15 is 0 Å². The van der Waals surface area contributed by atoms with Gasteiger partial charge in [-0.1, -0.05) is 39.7 Å². The van der Waals surface area contributed by atoms with Crippen LogP contribution in [0.25, 0.3) is 0 Å². The van der Waals surface area contributed by atoms with Gasteiger partial charge in [0, 0.05) is 35.5 Å². The van der Waals surface area contributed by atoms with E-state index in [0.29, 0.717) is 5.11 Å². The van der Waals surface area contributed by atoms with Crippen LogP contribution in [-0.4, -0.2) is 24.7 Å². The smallest absolute Gasteiger partial charge is 0.170 e. The summed E-state index contributed by atoms with van der Waals surface area (Å²) in [6.45, 7) is 6.93. The fourth-order valence-electron chi connectivity index (χ4n) is 2.27. The lowest BCUT2D eigenvalue weighted by atomic mass is 10.2. The van der Waals surface area contributed by atoms with Gasteiger partial charge in [-0.15, -0.1) is 0 Å². The minimum atomic E-state index is 0.642. The molecule has 0 aromatic heterocycles. The summed E-state index contributed by atoms with van der Waals surface area (Å²) in [7, 11) is 0. The molecule has 122 valence electrons. The van der Waals surface area contributed by atoms with Crippen molar-refractivity contribution in [2.75, 3.05) is 29.9 Å². The number of nitrogens with one attached hydrogen (secondary N) is 2. The SMILES string of the molecule is CCN(CCNC(=S)Nc1cccc(Br)c1)c1ccc(C)cc1. The summed E-state index contributed by atoms with van der Waals surface area (Å²) < 4.78 is 1.03. The van der Waals surface area contributed by atoms with Gasteiger partial charge in [0.25, 0.3) is 0 Å². The van der Waals surface area contributed by atoms with Crippen molar-refractivity contribution in [2.45, 2.75) is 13.8 Å². The Labute approximate surface area is 152 Å². The van der Waals surface area contributed by atoms with E-state index in [2.05, 4.69) is 69.6 Å². The van der Waals surface area contributed by atoms with Gasteiger partial charge in [0.1, 0.15) is 0 Å². The molecule has 0 unspecified atom stereocenters. The minimum absolute atomic E-state index is 0.642. The van der Waals surface area contributed by atoms with E-state index in [-0.39, 0.29) is 0 Å². The van der Waals surface area contributed by atoms with Crippen LogP contribution >= 0.6 is 28.1 Å². The van der Waals surface area contributed by atoms with Gasteiger partial charge in [0.15, 0.2) is 5.11 Å². The van der Waals surface area contributed by atoms with Crippen LogP contribution < -0.4 is 15.5 Å². The van der Waals surface area contributed by atoms with Crippen molar-refractivity contribution < 1.29 is 0 Å². The molecule has 2 aromatic carbocycles. The average Bonchev–Trinajstić information content (AvgIpc) is 2.53. The Kier molecular flexibility index (Phi) is 6.86. The third kappa shape index (κ3) is 5.84. The van der Waals surface area contributed by atoms with Crippen molar-refractivity contribution in [3.8, 4) is 0 Å². The van der Waals surface area contributed by atoms with E-state index < -0.39 is 0 Å². The Morgan fingerprint density at radius 2 is 1.91 bits per heavy atom. The van der Waals surface area contributed by atoms with Crippen LogP contribution in [-0.2, 0) is 0 Å². The molecule has 0 bridgehead atoms. The predicted octanol–water partition coefficient (Wildman–Crippen LogP) is 4.57. The number of rotatable bonds is 6. The summed E-state index contributed by atoms with van der Waals surface area (Å²) in [4.78, 5) is 2.33. The lowest BCUT2D eigenvalue weighted by molar-refractivity contribution is 0.779. The molecule has 0 aliphatic heterocycles. The standard InChI is InChI=1S/C18H22BrN3S/c1-3-22(17-9-7-14(2)8-10-17)12-11-20-18(23)21-16-6-4-5-15(19)13-16/h4-10,13H,3,11-12H2,1-2H3,(H2,20,21,23). The zero-order chi connectivity index (χ0) is 16.7. The second kappa shape index (κ2) is 8.89. The Bertz CT molecular complexity index is 643. The molecule has 0 fully saturated rings. The molecule has 0 aliphatic rings. The van der Waals surface area contributed by atoms with Crippen molar-refractivity contribution in [3.63, 3.8) is 0 Å². The number of benzene rings is 2. The van der Waals surface area contributed by atoms with Crippen molar-refractivity contribution in [1.82, 2.24) is 5.32 Å². The maximum absolute atomic E-state index is 5.35. The Morgan fingerprint density at radius 3 is 2.57 bits per heavy atom. The van der Waals surface area contributed by atoms with Gasteiger partial charge >= 0.3 is 0 Å². The zero-order valence-corrected chi connectivity index (χ0v) is 15.9. The van der Waals surface area contributed by atoms with Gasteiger partial charge in [-0.2, -0.15) is 0 Å². The maximum Gasteiger partial charge on any atom is 0.170 e. The second-order valence-electron chi connectivity index (χ2n) is 5.31. The van der Waals surface area contributed by atoms with Gasteiger partial charge in [0.2, 0.25) is 0 Å². The molecule has 23 heavy (non-hydrogen) atoms. The summed E-state index contributed by atoms with van der Waals surface area (Å²) in [5, 5.41) is 7.10. The van der Waals surface area contributed by atoms with E-state index in [9.17, 15) is 0 Å². The fourth-order valence-corrected chi connectivity index (χ4v) is 2.89. The molecule has 0 saturated carbocycles. The molecule has 2 rings (SSSR count). The largest absolute Gasteiger partial charge is 0.370 e. The number of halogens is 1. The molecule has 0 radical (unpaired) electrons. The van der Waals surface area contributed by atoms with Crippen molar-refractivity contribution in [1.29, 1.82) is 0 Å². The summed E-state index contributed by atoms with van der Waals surface area (Å²) in [5.41, 5.74) is 3.50. The zero-order valence-electron chi connectivity index (χ0n) is 13.5. The highest BCUT2D eigenvalue weighted by molar-refractivity contribution is 9.10. The van der Waals surface area contributed by atoms with Crippen molar-refractivity contribution in [2.24, 2.45) is 0 Å². The van der Waals surface area contributed by atoms with E-state index in [4.69, 9.17) is 12.2 Å². The summed E-state index contributed by atoms with van der Waals surface area (Å²) in [6, 6.07) is 16.6. The number of anilines is 2. The van der Waals surface area contributed by atoms with Crippen LogP contribution in [0, 0.1) is 6.92 Å². The molecular weight excluding hydrogens is 370 g/mol. The molecule has 0 atom stereocenters. The van der Waals surface area contributed by atoms with Gasteiger partial charge < -0.3 is 15.5 Å². The third-order valence-corrected chi connectivity index (χ3v) is 4.27. The molecule has 2 aromatic rings. The van der Waals surface area contributed by atoms with E-state index in [1.807, 2.05) is 24.3 Å². The van der Waals surface area contributed by atoms with E-state index in [1.165, 1.54) is 11.3 Å². The normalized spacial score (nSPS) is 10.2. The number of nitrogens with zero attached hydrogens (tertiary/aromatic N) is 1. The van der Waals surface area contributed by atoms with Crippen molar-refractivity contribution in [3.05, 3.63) is 58.6 Å². The molecule has 0 aliphatic carbocycles. The highest BCUT2D eigenvalue weighted by atomic mass is 79.9. The summed E-state index contributed by atoms with van der Waals surface area (Å²) >= 11 is 8.80. The molecule has 0 amide bonds. The van der Waals surface area contributed by atoms with Crippen LogP contribution in [0.5, 0.6) is 0 Å². The van der Waals surface area contributed by atoms with Crippen LogP contribution in [0.4, 0.5) is 11.4 Å². The summed E-state index contributed by atoms with van der Waals surface area (Å²) in [6.07, 6.45) is 0. The van der Waals surface area contributed by atoms with Gasteiger partial charge in [-0.05, 0) is 56.4 Å². The Morgan fingerprint density at radius 1 is 1.17 bits per heavy atom. The number of likely N-dealkylation sites (N-methyl/N-ethyl adjacent to an activating group) is 1. The quantitative estimate of drug-likeness (QED) is 0.705. The van der Waals surface area contributed by atoms with Crippen LogP contribution in [0.2, 0.25) is 0 Å². The average molecular weight is 392 g/mol. The Hall–Kier alpha value is -1.59. The van der Waals surface area contributed by atoms with Crippen LogP contribution in [0.1, 0.15) is 12.5 Å². The van der Waals surface area contributed by atoms with Gasteiger partial charge in [-0.25, -0.2) is 0 Å². The number of aryl methyl sites for hydroxylation is 1. The lowest BCUT2D eigenvalue weighted by Gasteiger charge is -2.24. The molecule has 2 N–H and O–H groups in total. The first-order valence-corrected chi connectivity index (χ1v) is 8.90. The van der Waals surface area contributed by atoms with E-state index in [0.717, 1.165) is 29.8 Å². The predicted molar refractivity (Wildman–Crippen MR) is 107 cm³/mol. The number of thiocarbonyl (C=S) groups is 1. The monoisotopic (exact) mass is 391 g/mol. The molecule has 0 saturated heterocycles. The Balaban J connectivity index is 1.80. The summed E-state index contributed by atoms with van der Waals surface area (Å²) in [5.74, 6) is 0. The fraction of sp³-hybridized carbons (Fsp3) is 0.278. The number of hydrogen-bond acceptors (Lipinski definition) is 2. The molecule has 5 heteroatoms. The third-order valence-electron chi connectivity index (χ3n) is 3.53. The maximum atomic E-state index is 5.35. The van der Waals surface area contributed by atoms with Gasteiger partial charge in [0.05, 0.1) is 0 Å². The highest BCUT2D eigenvalue weighted by Crippen LogP contribution is 2.16. The first kappa shape index (κ1) is 17.8. The molecule has 3 nitrogen and oxygen atoms in total. The first-order valence-electron chi connectivity index (χ1n) is 7.70.